The monoisotopic (exact) mass is 270 g/mol. The number of aromatic nitrogens is 1. The van der Waals surface area contributed by atoms with Crippen LogP contribution in [0, 0.1) is 0 Å². The van der Waals surface area contributed by atoms with E-state index in [9.17, 15) is 4.79 Å². The van der Waals surface area contributed by atoms with Gasteiger partial charge in [0.25, 0.3) is 0 Å². The van der Waals surface area contributed by atoms with E-state index in [2.05, 4.69) is 15.6 Å². The number of nitrogens with one attached hydrogen (secondary N) is 2. The number of rotatable bonds is 5. The zero-order valence-corrected chi connectivity index (χ0v) is 11.6. The van der Waals surface area contributed by atoms with Crippen LogP contribution in [0.3, 0.4) is 0 Å². The predicted molar refractivity (Wildman–Crippen MR) is 82.1 cm³/mol. The SMILES string of the molecule is CNc1cccc(NC(=O)CN(C)c2ccccn2)c1. The lowest BCUT2D eigenvalue weighted by Crippen LogP contribution is -2.30. The van der Waals surface area contributed by atoms with Gasteiger partial charge in [-0.15, -0.1) is 0 Å². The lowest BCUT2D eigenvalue weighted by molar-refractivity contribution is -0.114. The van der Waals surface area contributed by atoms with Crippen molar-refractivity contribution in [1.82, 2.24) is 4.98 Å². The van der Waals surface area contributed by atoms with E-state index in [1.165, 1.54) is 0 Å². The number of benzene rings is 1. The molecule has 1 amide bonds. The quantitative estimate of drug-likeness (QED) is 0.874. The van der Waals surface area contributed by atoms with Crippen molar-refractivity contribution >= 4 is 23.1 Å². The van der Waals surface area contributed by atoms with Gasteiger partial charge in [-0.25, -0.2) is 4.98 Å². The third-order valence-electron chi connectivity index (χ3n) is 2.86. The molecule has 0 spiro atoms. The molecule has 2 N–H and O–H groups in total. The van der Waals surface area contributed by atoms with Crippen molar-refractivity contribution in [2.24, 2.45) is 0 Å². The number of carbonyl (C=O) groups excluding carboxylic acids is 1. The molecule has 5 heteroatoms. The number of likely N-dealkylation sites (N-methyl/N-ethyl adjacent to an activating group) is 1. The molecule has 0 unspecified atom stereocenters. The second-order valence-electron chi connectivity index (χ2n) is 4.42. The summed E-state index contributed by atoms with van der Waals surface area (Å²) in [5.41, 5.74) is 1.73. The van der Waals surface area contributed by atoms with Crippen LogP contribution < -0.4 is 15.5 Å². The first-order valence-electron chi connectivity index (χ1n) is 6.39. The molecule has 1 aromatic carbocycles. The van der Waals surface area contributed by atoms with Gasteiger partial charge in [-0.1, -0.05) is 12.1 Å². The molecule has 0 aliphatic carbocycles. The van der Waals surface area contributed by atoms with E-state index in [0.29, 0.717) is 0 Å². The van der Waals surface area contributed by atoms with Crippen molar-refractivity contribution in [3.05, 3.63) is 48.7 Å². The molecular formula is C15H18N4O. The van der Waals surface area contributed by atoms with Crippen molar-refractivity contribution in [2.45, 2.75) is 0 Å². The van der Waals surface area contributed by atoms with Gasteiger partial charge >= 0.3 is 0 Å². The molecule has 1 aromatic heterocycles. The van der Waals surface area contributed by atoms with Gasteiger partial charge in [-0.05, 0) is 30.3 Å². The normalized spacial score (nSPS) is 9.90. The van der Waals surface area contributed by atoms with E-state index in [4.69, 9.17) is 0 Å². The third kappa shape index (κ3) is 3.71. The highest BCUT2D eigenvalue weighted by molar-refractivity contribution is 5.94. The number of amides is 1. The first kappa shape index (κ1) is 13.9. The predicted octanol–water partition coefficient (Wildman–Crippen LogP) is 2.20. The summed E-state index contributed by atoms with van der Waals surface area (Å²) in [6, 6.07) is 13.2. The zero-order chi connectivity index (χ0) is 14.4. The Labute approximate surface area is 118 Å². The average Bonchev–Trinajstić information content (AvgIpc) is 2.48. The van der Waals surface area contributed by atoms with Crippen LogP contribution in [0.5, 0.6) is 0 Å². The number of nitrogens with zero attached hydrogens (tertiary/aromatic N) is 2. The lowest BCUT2D eigenvalue weighted by Gasteiger charge is -2.17. The molecule has 2 aromatic rings. The molecule has 104 valence electrons. The molecule has 0 aliphatic rings. The van der Waals surface area contributed by atoms with Crippen LogP contribution in [0.2, 0.25) is 0 Å². The molecular weight excluding hydrogens is 252 g/mol. The first-order chi connectivity index (χ1) is 9.69. The number of pyridine rings is 1. The Bertz CT molecular complexity index is 571. The van der Waals surface area contributed by atoms with Gasteiger partial charge in [0.2, 0.25) is 5.91 Å². The molecule has 0 saturated carbocycles. The minimum atomic E-state index is -0.0774. The summed E-state index contributed by atoms with van der Waals surface area (Å²) in [6.07, 6.45) is 1.71. The second-order valence-corrected chi connectivity index (χ2v) is 4.42. The summed E-state index contributed by atoms with van der Waals surface area (Å²) in [5, 5.41) is 5.90. The smallest absolute Gasteiger partial charge is 0.243 e. The summed E-state index contributed by atoms with van der Waals surface area (Å²) in [7, 11) is 3.68. The van der Waals surface area contributed by atoms with Crippen LogP contribution >= 0.6 is 0 Å². The Kier molecular flexibility index (Phi) is 4.55. The standard InChI is InChI=1S/C15H18N4O/c1-16-12-6-5-7-13(10-12)18-15(20)11-19(2)14-8-3-4-9-17-14/h3-10,16H,11H2,1-2H3,(H,18,20). The molecule has 2 rings (SSSR count). The Morgan fingerprint density at radius 2 is 2.00 bits per heavy atom. The maximum Gasteiger partial charge on any atom is 0.243 e. The molecule has 5 nitrogen and oxygen atoms in total. The van der Waals surface area contributed by atoms with E-state index < -0.39 is 0 Å². The van der Waals surface area contributed by atoms with Gasteiger partial charge in [0.15, 0.2) is 0 Å². The second kappa shape index (κ2) is 6.56. The molecule has 1 heterocycles. The van der Waals surface area contributed by atoms with Crippen LogP contribution in [-0.2, 0) is 4.79 Å². The van der Waals surface area contributed by atoms with E-state index >= 15 is 0 Å². The first-order valence-corrected chi connectivity index (χ1v) is 6.39. The van der Waals surface area contributed by atoms with Gasteiger partial charge in [0.1, 0.15) is 5.82 Å². The highest BCUT2D eigenvalue weighted by Gasteiger charge is 2.08. The Hall–Kier alpha value is -2.56. The van der Waals surface area contributed by atoms with Crippen LogP contribution in [-0.4, -0.2) is 31.5 Å². The van der Waals surface area contributed by atoms with Crippen LogP contribution in [0.25, 0.3) is 0 Å². The number of hydrogen-bond donors (Lipinski definition) is 2. The molecule has 0 fully saturated rings. The molecule has 0 bridgehead atoms. The Morgan fingerprint density at radius 1 is 1.20 bits per heavy atom. The van der Waals surface area contributed by atoms with E-state index in [1.807, 2.05) is 56.6 Å². The van der Waals surface area contributed by atoms with E-state index in [1.54, 1.807) is 11.1 Å². The van der Waals surface area contributed by atoms with Crippen LogP contribution in [0.1, 0.15) is 0 Å². The number of hydrogen-bond acceptors (Lipinski definition) is 4. The minimum Gasteiger partial charge on any atom is -0.388 e. The molecule has 0 radical (unpaired) electrons. The summed E-state index contributed by atoms with van der Waals surface area (Å²) in [6.45, 7) is 0.251. The van der Waals surface area contributed by atoms with Crippen molar-refractivity contribution in [2.75, 3.05) is 36.2 Å². The maximum absolute atomic E-state index is 12.0. The van der Waals surface area contributed by atoms with Crippen molar-refractivity contribution in [3.8, 4) is 0 Å². The average molecular weight is 270 g/mol. The summed E-state index contributed by atoms with van der Waals surface area (Å²) < 4.78 is 0. The third-order valence-corrected chi connectivity index (χ3v) is 2.86. The van der Waals surface area contributed by atoms with Crippen molar-refractivity contribution < 1.29 is 4.79 Å². The highest BCUT2D eigenvalue weighted by Crippen LogP contribution is 2.14. The molecule has 0 aliphatic heterocycles. The highest BCUT2D eigenvalue weighted by atomic mass is 16.2. The fourth-order valence-electron chi connectivity index (χ4n) is 1.83. The van der Waals surface area contributed by atoms with Gasteiger partial charge < -0.3 is 15.5 Å². The van der Waals surface area contributed by atoms with Gasteiger partial charge in [0.05, 0.1) is 6.54 Å². The Balaban J connectivity index is 1.95. The van der Waals surface area contributed by atoms with E-state index in [-0.39, 0.29) is 12.5 Å². The van der Waals surface area contributed by atoms with Crippen LogP contribution in [0.15, 0.2) is 48.7 Å². The molecule has 20 heavy (non-hydrogen) atoms. The van der Waals surface area contributed by atoms with Crippen LogP contribution in [0.4, 0.5) is 17.2 Å². The molecule has 0 saturated heterocycles. The lowest BCUT2D eigenvalue weighted by atomic mass is 10.2. The summed E-state index contributed by atoms with van der Waals surface area (Å²) in [4.78, 5) is 18.0. The topological polar surface area (TPSA) is 57.3 Å². The Morgan fingerprint density at radius 3 is 2.70 bits per heavy atom. The number of carbonyl (C=O) groups is 1. The molecule has 0 atom stereocenters. The van der Waals surface area contributed by atoms with Crippen molar-refractivity contribution in [1.29, 1.82) is 0 Å². The number of anilines is 3. The van der Waals surface area contributed by atoms with Gasteiger partial charge in [-0.2, -0.15) is 0 Å². The van der Waals surface area contributed by atoms with Gasteiger partial charge in [0, 0.05) is 31.7 Å². The maximum atomic E-state index is 12.0. The zero-order valence-electron chi connectivity index (χ0n) is 11.6. The summed E-state index contributed by atoms with van der Waals surface area (Å²) in [5.74, 6) is 0.693. The fraction of sp³-hybridized carbons (Fsp3) is 0.200. The minimum absolute atomic E-state index is 0.0774. The fourth-order valence-corrected chi connectivity index (χ4v) is 1.83. The van der Waals surface area contributed by atoms with Gasteiger partial charge in [-0.3, -0.25) is 4.79 Å². The largest absolute Gasteiger partial charge is 0.388 e. The van der Waals surface area contributed by atoms with Crippen molar-refractivity contribution in [3.63, 3.8) is 0 Å². The summed E-state index contributed by atoms with van der Waals surface area (Å²) >= 11 is 0. The van der Waals surface area contributed by atoms with E-state index in [0.717, 1.165) is 17.2 Å².